The predicted molar refractivity (Wildman–Crippen MR) is 88.3 cm³/mol. The van der Waals surface area contributed by atoms with E-state index in [0.717, 1.165) is 24.4 Å². The minimum atomic E-state index is -0.439. The molecule has 2 atom stereocenters. The molecular formula is C18H21N3O3. The van der Waals surface area contributed by atoms with Crippen LogP contribution in [0, 0.1) is 5.92 Å². The van der Waals surface area contributed by atoms with Crippen LogP contribution in [0.2, 0.25) is 0 Å². The molecule has 1 aliphatic heterocycles. The number of esters is 1. The van der Waals surface area contributed by atoms with Crippen LogP contribution in [0.1, 0.15) is 21.9 Å². The molecule has 1 N–H and O–H groups in total. The number of carbonyl (C=O) groups excluding carboxylic acids is 1. The van der Waals surface area contributed by atoms with E-state index in [1.165, 1.54) is 7.11 Å². The Morgan fingerprint density at radius 1 is 1.25 bits per heavy atom. The van der Waals surface area contributed by atoms with Crippen LogP contribution in [0.3, 0.4) is 0 Å². The van der Waals surface area contributed by atoms with Crippen molar-refractivity contribution in [3.8, 4) is 0 Å². The van der Waals surface area contributed by atoms with Crippen LogP contribution in [-0.4, -0.2) is 52.2 Å². The van der Waals surface area contributed by atoms with Crippen molar-refractivity contribution in [3.05, 3.63) is 59.7 Å². The van der Waals surface area contributed by atoms with Gasteiger partial charge in [0.05, 0.1) is 18.9 Å². The van der Waals surface area contributed by atoms with E-state index in [1.54, 1.807) is 18.3 Å². The van der Waals surface area contributed by atoms with Crippen LogP contribution in [0.4, 0.5) is 0 Å². The van der Waals surface area contributed by atoms with Gasteiger partial charge in [-0.05, 0) is 30.7 Å². The summed E-state index contributed by atoms with van der Waals surface area (Å²) in [6, 6.07) is 11.1. The third-order valence-corrected chi connectivity index (χ3v) is 4.27. The smallest absolute Gasteiger partial charge is 0.356 e. The second-order valence-electron chi connectivity index (χ2n) is 6.05. The van der Waals surface area contributed by atoms with Crippen molar-refractivity contribution >= 4 is 5.97 Å². The van der Waals surface area contributed by atoms with Crippen LogP contribution in [0.5, 0.6) is 0 Å². The molecule has 1 aliphatic rings. The lowest BCUT2D eigenvalue weighted by atomic mass is 10.00. The molecule has 3 rings (SSSR count). The molecule has 0 aromatic carbocycles. The number of hydrogen-bond acceptors (Lipinski definition) is 6. The van der Waals surface area contributed by atoms with Crippen molar-refractivity contribution in [2.75, 3.05) is 20.2 Å². The highest BCUT2D eigenvalue weighted by molar-refractivity contribution is 5.87. The van der Waals surface area contributed by atoms with Gasteiger partial charge in [-0.15, -0.1) is 0 Å². The molecule has 0 radical (unpaired) electrons. The largest absolute Gasteiger partial charge is 0.464 e. The summed E-state index contributed by atoms with van der Waals surface area (Å²) in [6.07, 6.45) is 2.15. The first-order chi connectivity index (χ1) is 11.7. The van der Waals surface area contributed by atoms with E-state index in [2.05, 4.69) is 14.9 Å². The SMILES string of the molecule is COC(=O)c1cccc(CN2C[C@@H](Cc3ccccn3)[C@H](O)C2)n1. The Hall–Kier alpha value is -2.31. The van der Waals surface area contributed by atoms with Crippen molar-refractivity contribution in [2.45, 2.75) is 19.1 Å². The van der Waals surface area contributed by atoms with Crippen LogP contribution >= 0.6 is 0 Å². The second kappa shape index (κ2) is 7.51. The van der Waals surface area contributed by atoms with Crippen LogP contribution in [0.25, 0.3) is 0 Å². The maximum absolute atomic E-state index is 11.6. The average Bonchev–Trinajstić information content (AvgIpc) is 2.94. The Kier molecular flexibility index (Phi) is 5.17. The summed E-state index contributed by atoms with van der Waals surface area (Å²) in [5.41, 5.74) is 2.09. The maximum atomic E-state index is 11.6. The van der Waals surface area contributed by atoms with Gasteiger partial charge in [0.25, 0.3) is 0 Å². The van der Waals surface area contributed by atoms with Gasteiger partial charge >= 0.3 is 5.97 Å². The third kappa shape index (κ3) is 3.96. The normalized spacial score (nSPS) is 20.9. The van der Waals surface area contributed by atoms with Gasteiger partial charge in [0.2, 0.25) is 0 Å². The fourth-order valence-electron chi connectivity index (χ4n) is 3.07. The van der Waals surface area contributed by atoms with E-state index in [9.17, 15) is 9.90 Å². The minimum absolute atomic E-state index is 0.156. The Labute approximate surface area is 141 Å². The lowest BCUT2D eigenvalue weighted by molar-refractivity contribution is 0.0593. The molecule has 0 amide bonds. The number of rotatable bonds is 5. The number of methoxy groups -OCH3 is 1. The molecule has 2 aromatic rings. The van der Waals surface area contributed by atoms with E-state index in [0.29, 0.717) is 18.8 Å². The van der Waals surface area contributed by atoms with E-state index in [1.807, 2.05) is 24.3 Å². The third-order valence-electron chi connectivity index (χ3n) is 4.27. The van der Waals surface area contributed by atoms with Gasteiger partial charge in [-0.1, -0.05) is 12.1 Å². The Bertz CT molecular complexity index is 693. The van der Waals surface area contributed by atoms with E-state index < -0.39 is 5.97 Å². The van der Waals surface area contributed by atoms with Crippen LogP contribution < -0.4 is 0 Å². The first-order valence-electron chi connectivity index (χ1n) is 8.00. The van der Waals surface area contributed by atoms with Crippen molar-refractivity contribution in [1.82, 2.24) is 14.9 Å². The van der Waals surface area contributed by atoms with Gasteiger partial charge in [0, 0.05) is 37.4 Å². The van der Waals surface area contributed by atoms with Crippen molar-refractivity contribution in [2.24, 2.45) is 5.92 Å². The number of likely N-dealkylation sites (tertiary alicyclic amines) is 1. The number of aliphatic hydroxyl groups excluding tert-OH is 1. The van der Waals surface area contributed by atoms with Crippen molar-refractivity contribution < 1.29 is 14.6 Å². The molecule has 3 heterocycles. The molecule has 0 aliphatic carbocycles. The van der Waals surface area contributed by atoms with Gasteiger partial charge in [0.15, 0.2) is 0 Å². The number of aliphatic hydroxyl groups is 1. The number of carbonyl (C=O) groups is 1. The maximum Gasteiger partial charge on any atom is 0.356 e. The zero-order valence-corrected chi connectivity index (χ0v) is 13.6. The molecule has 0 bridgehead atoms. The molecule has 6 nitrogen and oxygen atoms in total. The van der Waals surface area contributed by atoms with Gasteiger partial charge in [0.1, 0.15) is 5.69 Å². The summed E-state index contributed by atoms with van der Waals surface area (Å²) in [5.74, 6) is -0.282. The van der Waals surface area contributed by atoms with Crippen molar-refractivity contribution in [3.63, 3.8) is 0 Å². The molecule has 1 fully saturated rings. The van der Waals surface area contributed by atoms with E-state index in [-0.39, 0.29) is 12.0 Å². The lowest BCUT2D eigenvalue weighted by Gasteiger charge is -2.15. The number of aromatic nitrogens is 2. The molecule has 24 heavy (non-hydrogen) atoms. The van der Waals surface area contributed by atoms with Crippen molar-refractivity contribution in [1.29, 1.82) is 0 Å². The van der Waals surface area contributed by atoms with E-state index >= 15 is 0 Å². The highest BCUT2D eigenvalue weighted by Gasteiger charge is 2.31. The first-order valence-corrected chi connectivity index (χ1v) is 8.00. The zero-order valence-electron chi connectivity index (χ0n) is 13.6. The Morgan fingerprint density at radius 2 is 2.08 bits per heavy atom. The van der Waals surface area contributed by atoms with E-state index in [4.69, 9.17) is 4.74 Å². The number of β-amino-alcohol motifs (C(OH)–C–C–N with tert-alkyl or cyclic N) is 1. The standard InChI is InChI=1S/C18H21N3O3/c1-24-18(23)16-7-4-6-15(20-16)11-21-10-13(17(22)12-21)9-14-5-2-3-8-19-14/h2-8,13,17,22H,9-12H2,1H3/t13-,17-/m1/s1. The van der Waals surface area contributed by atoms with Crippen LogP contribution in [0.15, 0.2) is 42.6 Å². The Balaban J connectivity index is 1.62. The second-order valence-corrected chi connectivity index (χ2v) is 6.05. The quantitative estimate of drug-likeness (QED) is 0.834. The molecule has 0 unspecified atom stereocenters. The summed E-state index contributed by atoms with van der Waals surface area (Å²) in [6.45, 7) is 1.98. The van der Waals surface area contributed by atoms with Gasteiger partial charge in [-0.2, -0.15) is 0 Å². The van der Waals surface area contributed by atoms with Crippen LogP contribution in [-0.2, 0) is 17.7 Å². The monoisotopic (exact) mass is 327 g/mol. The summed E-state index contributed by atoms with van der Waals surface area (Å²) in [7, 11) is 1.34. The van der Waals surface area contributed by atoms with Gasteiger partial charge in [-0.25, -0.2) is 9.78 Å². The summed E-state index contributed by atoms with van der Waals surface area (Å²) in [5, 5.41) is 10.3. The molecule has 0 saturated carbocycles. The fourth-order valence-corrected chi connectivity index (χ4v) is 3.07. The summed E-state index contributed by atoms with van der Waals surface area (Å²) < 4.78 is 4.70. The molecular weight excluding hydrogens is 306 g/mol. The number of pyridine rings is 2. The highest BCUT2D eigenvalue weighted by Crippen LogP contribution is 2.22. The topological polar surface area (TPSA) is 75.5 Å². The van der Waals surface area contributed by atoms with Gasteiger partial charge < -0.3 is 9.84 Å². The minimum Gasteiger partial charge on any atom is -0.464 e. The molecule has 126 valence electrons. The summed E-state index contributed by atoms with van der Waals surface area (Å²) >= 11 is 0. The lowest BCUT2D eigenvalue weighted by Crippen LogP contribution is -2.22. The first kappa shape index (κ1) is 16.5. The molecule has 0 spiro atoms. The number of ether oxygens (including phenoxy) is 1. The summed E-state index contributed by atoms with van der Waals surface area (Å²) in [4.78, 5) is 22.4. The Morgan fingerprint density at radius 3 is 2.83 bits per heavy atom. The number of nitrogens with zero attached hydrogens (tertiary/aromatic N) is 3. The molecule has 1 saturated heterocycles. The molecule has 6 heteroatoms. The molecule has 2 aromatic heterocycles. The van der Waals surface area contributed by atoms with Gasteiger partial charge in [-0.3, -0.25) is 9.88 Å². The highest BCUT2D eigenvalue weighted by atomic mass is 16.5. The average molecular weight is 327 g/mol. The zero-order chi connectivity index (χ0) is 16.9. The fraction of sp³-hybridized carbons (Fsp3) is 0.389. The number of hydrogen-bond donors (Lipinski definition) is 1. The predicted octanol–water partition coefficient (Wildman–Crippen LogP) is 1.30.